The number of benzene rings is 1. The molecule has 0 amide bonds. The van der Waals surface area contributed by atoms with E-state index in [0.29, 0.717) is 24.2 Å². The first-order valence-electron chi connectivity index (χ1n) is 8.97. The number of guanidine groups is 1. The second-order valence-corrected chi connectivity index (χ2v) is 8.83. The smallest absolute Gasteiger partial charge is 0.242 e. The Balaban J connectivity index is 1.95. The molecule has 9 heteroatoms. The first kappa shape index (κ1) is 22.1. The van der Waals surface area contributed by atoms with Crippen LogP contribution in [-0.2, 0) is 23.0 Å². The molecule has 28 heavy (non-hydrogen) atoms. The van der Waals surface area contributed by atoms with Gasteiger partial charge >= 0.3 is 0 Å². The van der Waals surface area contributed by atoms with Crippen LogP contribution in [0.2, 0.25) is 5.15 Å². The van der Waals surface area contributed by atoms with E-state index in [0.717, 1.165) is 24.1 Å². The van der Waals surface area contributed by atoms with Crippen molar-refractivity contribution >= 4 is 27.6 Å². The minimum Gasteiger partial charge on any atom is -0.357 e. The number of pyridine rings is 1. The average molecular weight is 424 g/mol. The zero-order valence-electron chi connectivity index (χ0n) is 16.3. The van der Waals surface area contributed by atoms with E-state index >= 15 is 0 Å². The highest BCUT2D eigenvalue weighted by atomic mass is 35.5. The van der Waals surface area contributed by atoms with E-state index in [1.165, 1.54) is 18.4 Å². The van der Waals surface area contributed by atoms with Gasteiger partial charge in [0.25, 0.3) is 0 Å². The number of sulfonamides is 1. The van der Waals surface area contributed by atoms with Crippen LogP contribution >= 0.6 is 11.6 Å². The quantitative estimate of drug-likeness (QED) is 0.386. The van der Waals surface area contributed by atoms with E-state index in [-0.39, 0.29) is 4.90 Å². The van der Waals surface area contributed by atoms with E-state index in [1.54, 1.807) is 36.5 Å². The van der Waals surface area contributed by atoms with Crippen LogP contribution in [0.25, 0.3) is 0 Å². The normalized spacial score (nSPS) is 12.2. The lowest BCUT2D eigenvalue weighted by Gasteiger charge is -2.12. The van der Waals surface area contributed by atoms with Crippen molar-refractivity contribution in [2.45, 2.75) is 24.8 Å². The van der Waals surface area contributed by atoms with Gasteiger partial charge in [0.05, 0.1) is 11.4 Å². The van der Waals surface area contributed by atoms with Crippen molar-refractivity contribution in [1.29, 1.82) is 0 Å². The van der Waals surface area contributed by atoms with Crippen molar-refractivity contribution < 1.29 is 8.42 Å². The summed E-state index contributed by atoms with van der Waals surface area (Å²) in [5.74, 6) is 0.703. The van der Waals surface area contributed by atoms with Crippen LogP contribution in [0.5, 0.6) is 0 Å². The van der Waals surface area contributed by atoms with Crippen molar-refractivity contribution in [3.8, 4) is 0 Å². The number of rotatable bonds is 8. The van der Waals surface area contributed by atoms with Gasteiger partial charge in [0.2, 0.25) is 10.0 Å². The van der Waals surface area contributed by atoms with Gasteiger partial charge in [0.15, 0.2) is 5.96 Å². The molecule has 0 unspecified atom stereocenters. The molecule has 7 nitrogen and oxygen atoms in total. The average Bonchev–Trinajstić information content (AvgIpc) is 2.68. The third-order valence-electron chi connectivity index (χ3n) is 3.96. The van der Waals surface area contributed by atoms with Gasteiger partial charge in [-0.3, -0.25) is 0 Å². The Morgan fingerprint density at radius 3 is 2.36 bits per heavy atom. The Hall–Kier alpha value is -2.16. The first-order chi connectivity index (χ1) is 13.3. The molecule has 0 aliphatic heterocycles. The van der Waals surface area contributed by atoms with Crippen molar-refractivity contribution in [2.75, 3.05) is 27.2 Å². The molecule has 0 bridgehead atoms. The van der Waals surface area contributed by atoms with E-state index in [4.69, 9.17) is 11.6 Å². The topological polar surface area (TPSA) is 86.7 Å². The van der Waals surface area contributed by atoms with E-state index in [2.05, 4.69) is 20.6 Å². The maximum Gasteiger partial charge on any atom is 0.242 e. The maximum atomic E-state index is 12.1. The molecule has 0 spiro atoms. The Bertz CT molecular complexity index is 882. The van der Waals surface area contributed by atoms with Crippen LogP contribution in [0.1, 0.15) is 18.1 Å². The van der Waals surface area contributed by atoms with Crippen LogP contribution in [0.15, 0.2) is 52.5 Å². The number of hydrogen-bond acceptors (Lipinski definition) is 4. The number of nitrogens with one attached hydrogen (secondary N) is 2. The summed E-state index contributed by atoms with van der Waals surface area (Å²) in [5, 5.41) is 6.96. The molecule has 0 radical (unpaired) electrons. The van der Waals surface area contributed by atoms with Crippen molar-refractivity contribution in [2.24, 2.45) is 4.99 Å². The molecular weight excluding hydrogens is 398 g/mol. The zero-order valence-corrected chi connectivity index (χ0v) is 17.9. The van der Waals surface area contributed by atoms with Crippen LogP contribution in [-0.4, -0.2) is 50.9 Å². The van der Waals surface area contributed by atoms with Gasteiger partial charge in [0.1, 0.15) is 5.15 Å². The van der Waals surface area contributed by atoms with E-state index in [9.17, 15) is 8.42 Å². The lowest BCUT2D eigenvalue weighted by atomic mass is 10.2. The van der Waals surface area contributed by atoms with Gasteiger partial charge in [-0.25, -0.2) is 22.7 Å². The zero-order chi connectivity index (χ0) is 20.6. The molecule has 0 fully saturated rings. The molecule has 2 N–H and O–H groups in total. The lowest BCUT2D eigenvalue weighted by molar-refractivity contribution is 0.520. The van der Waals surface area contributed by atoms with Gasteiger partial charge in [-0.05, 0) is 42.7 Å². The summed E-state index contributed by atoms with van der Waals surface area (Å²) >= 11 is 5.80. The molecular formula is C19H26ClN5O2S. The summed E-state index contributed by atoms with van der Waals surface area (Å²) < 4.78 is 25.4. The van der Waals surface area contributed by atoms with Crippen LogP contribution < -0.4 is 10.6 Å². The summed E-state index contributed by atoms with van der Waals surface area (Å²) in [5.41, 5.74) is 2.02. The van der Waals surface area contributed by atoms with E-state index in [1.807, 2.05) is 13.0 Å². The lowest BCUT2D eigenvalue weighted by Crippen LogP contribution is -2.38. The van der Waals surface area contributed by atoms with Gasteiger partial charge in [-0.15, -0.1) is 0 Å². The Kier molecular flexibility index (Phi) is 8.22. The van der Waals surface area contributed by atoms with Crippen LogP contribution in [0.3, 0.4) is 0 Å². The molecule has 0 atom stereocenters. The number of halogens is 1. The van der Waals surface area contributed by atoms with Gasteiger partial charge in [-0.2, -0.15) is 0 Å². The van der Waals surface area contributed by atoms with Crippen LogP contribution in [0, 0.1) is 0 Å². The molecule has 0 saturated heterocycles. The standard InChI is InChI=1S/C19H26ClN5O2S/c1-4-21-19(22-12-11-16-7-10-18(20)23-13-16)24-14-15-5-8-17(9-6-15)28(26,27)25(2)3/h5-10,13H,4,11-12,14H2,1-3H3,(H2,21,22,24). The summed E-state index contributed by atoms with van der Waals surface area (Å²) in [4.78, 5) is 8.89. The first-order valence-corrected chi connectivity index (χ1v) is 10.8. The number of aliphatic imine (C=N–C) groups is 1. The number of nitrogens with zero attached hydrogens (tertiary/aromatic N) is 3. The Morgan fingerprint density at radius 2 is 1.79 bits per heavy atom. The van der Waals surface area contributed by atoms with Gasteiger partial charge in [-0.1, -0.05) is 29.8 Å². The fourth-order valence-electron chi connectivity index (χ4n) is 2.37. The molecule has 0 saturated carbocycles. The highest BCUT2D eigenvalue weighted by Gasteiger charge is 2.16. The van der Waals surface area contributed by atoms with Gasteiger partial charge < -0.3 is 10.6 Å². The third-order valence-corrected chi connectivity index (χ3v) is 6.01. The summed E-state index contributed by atoms with van der Waals surface area (Å²) in [7, 11) is -0.383. The molecule has 2 rings (SSSR count). The number of hydrogen-bond donors (Lipinski definition) is 2. The predicted molar refractivity (Wildman–Crippen MR) is 113 cm³/mol. The van der Waals surface area contributed by atoms with E-state index < -0.39 is 10.0 Å². The SMILES string of the molecule is CCNC(=NCc1ccc(S(=O)(=O)N(C)C)cc1)NCCc1ccc(Cl)nc1. The Morgan fingerprint density at radius 1 is 1.11 bits per heavy atom. The molecule has 0 aliphatic carbocycles. The Labute approximate surface area is 171 Å². The monoisotopic (exact) mass is 423 g/mol. The van der Waals surface area contributed by atoms with Crippen molar-refractivity contribution in [3.63, 3.8) is 0 Å². The molecule has 152 valence electrons. The second-order valence-electron chi connectivity index (χ2n) is 6.29. The molecule has 1 aromatic heterocycles. The largest absolute Gasteiger partial charge is 0.357 e. The van der Waals surface area contributed by atoms with Crippen molar-refractivity contribution in [1.82, 2.24) is 19.9 Å². The number of aromatic nitrogens is 1. The molecule has 1 aromatic carbocycles. The highest BCUT2D eigenvalue weighted by molar-refractivity contribution is 7.89. The fourth-order valence-corrected chi connectivity index (χ4v) is 3.38. The third kappa shape index (κ3) is 6.47. The van der Waals surface area contributed by atoms with Crippen LogP contribution in [0.4, 0.5) is 0 Å². The fraction of sp³-hybridized carbons (Fsp3) is 0.368. The summed E-state index contributed by atoms with van der Waals surface area (Å²) in [6.45, 7) is 3.89. The summed E-state index contributed by atoms with van der Waals surface area (Å²) in [6, 6.07) is 10.5. The van der Waals surface area contributed by atoms with Gasteiger partial charge in [0, 0.05) is 33.4 Å². The minimum atomic E-state index is -3.42. The highest BCUT2D eigenvalue weighted by Crippen LogP contribution is 2.14. The second kappa shape index (κ2) is 10.4. The predicted octanol–water partition coefficient (Wildman–Crippen LogP) is 2.28. The molecule has 1 heterocycles. The molecule has 2 aromatic rings. The molecule has 0 aliphatic rings. The summed E-state index contributed by atoms with van der Waals surface area (Å²) in [6.07, 6.45) is 2.56. The van der Waals surface area contributed by atoms with Crippen molar-refractivity contribution in [3.05, 3.63) is 58.9 Å². The maximum absolute atomic E-state index is 12.1. The minimum absolute atomic E-state index is 0.270.